The topological polar surface area (TPSA) is 132 Å². The molecule has 0 spiro atoms. The van der Waals surface area contributed by atoms with E-state index in [9.17, 15) is 13.2 Å². The van der Waals surface area contributed by atoms with Gasteiger partial charge >= 0.3 is 5.24 Å². The summed E-state index contributed by atoms with van der Waals surface area (Å²) >= 11 is 0. The van der Waals surface area contributed by atoms with Crippen LogP contribution in [0.3, 0.4) is 0 Å². The van der Waals surface area contributed by atoms with E-state index in [1.807, 2.05) is 0 Å². The summed E-state index contributed by atoms with van der Waals surface area (Å²) < 4.78 is 23.8. The molecule has 1 fully saturated rings. The number of nitriles is 1. The van der Waals surface area contributed by atoms with Gasteiger partial charge in [-0.05, 0) is 12.8 Å². The van der Waals surface area contributed by atoms with Crippen molar-refractivity contribution in [3.8, 4) is 6.07 Å². The van der Waals surface area contributed by atoms with E-state index in [4.69, 9.17) is 11.0 Å². The number of aryl methyl sites for hydroxylation is 1. The number of aromatic nitrogens is 3. The average molecular weight is 269 g/mol. The molecule has 2 rings (SSSR count). The van der Waals surface area contributed by atoms with E-state index in [2.05, 4.69) is 16.4 Å². The van der Waals surface area contributed by atoms with E-state index in [0.717, 1.165) is 0 Å². The Morgan fingerprint density at radius 1 is 1.61 bits per heavy atom. The summed E-state index contributed by atoms with van der Waals surface area (Å²) in [5.74, 6) is -0.402. The molecule has 0 aromatic carbocycles. The largest absolute Gasteiger partial charge is 0.356 e. The molecule has 0 saturated heterocycles. The number of rotatable bonds is 4. The molecule has 0 unspecified atom stereocenters. The molecule has 0 bridgehead atoms. The summed E-state index contributed by atoms with van der Waals surface area (Å²) in [6, 6.07) is 2.14. The summed E-state index contributed by atoms with van der Waals surface area (Å²) in [5.41, 5.74) is 4.53. The predicted octanol–water partition coefficient (Wildman–Crippen LogP) is -0.673. The number of amides is 1. The van der Waals surface area contributed by atoms with Gasteiger partial charge in [-0.1, -0.05) is 5.21 Å². The van der Waals surface area contributed by atoms with Crippen LogP contribution in [-0.2, 0) is 21.8 Å². The van der Waals surface area contributed by atoms with Gasteiger partial charge in [0.15, 0.2) is 5.54 Å². The van der Waals surface area contributed by atoms with Crippen LogP contribution in [0.5, 0.6) is 0 Å². The Hall–Kier alpha value is -1.95. The molecule has 1 saturated carbocycles. The second kappa shape index (κ2) is 4.06. The molecular formula is C9H11N5O3S. The lowest BCUT2D eigenvalue weighted by Crippen LogP contribution is -2.25. The highest BCUT2D eigenvalue weighted by Crippen LogP contribution is 2.41. The van der Waals surface area contributed by atoms with Crippen LogP contribution in [0.4, 0.5) is 4.79 Å². The zero-order valence-electron chi connectivity index (χ0n) is 9.40. The van der Waals surface area contributed by atoms with Crippen LogP contribution in [0.1, 0.15) is 18.5 Å². The standard InChI is InChI=1S/C9H11N5O3S/c10-6-9(2-3-9)14-5-7(12-13-14)1-4-18(16,17)8(11)15/h5H,1-4H2,(H2,11,15). The molecule has 18 heavy (non-hydrogen) atoms. The van der Waals surface area contributed by atoms with E-state index in [1.165, 1.54) is 10.9 Å². The van der Waals surface area contributed by atoms with E-state index >= 15 is 0 Å². The summed E-state index contributed by atoms with van der Waals surface area (Å²) in [7, 11) is -3.92. The maximum absolute atomic E-state index is 11.2. The van der Waals surface area contributed by atoms with Gasteiger partial charge in [0.25, 0.3) is 0 Å². The van der Waals surface area contributed by atoms with Crippen LogP contribution in [0, 0.1) is 11.3 Å². The Kier molecular flexibility index (Phi) is 2.82. The fourth-order valence-corrected chi connectivity index (χ4v) is 2.15. The summed E-state index contributed by atoms with van der Waals surface area (Å²) in [6.07, 6.45) is 3.01. The van der Waals surface area contributed by atoms with Crippen LogP contribution in [-0.4, -0.2) is 34.4 Å². The van der Waals surface area contributed by atoms with E-state index in [-0.39, 0.29) is 6.42 Å². The lowest BCUT2D eigenvalue weighted by Gasteiger charge is -2.02. The molecule has 1 aromatic heterocycles. The zero-order valence-corrected chi connectivity index (χ0v) is 10.2. The first-order valence-corrected chi connectivity index (χ1v) is 6.90. The summed E-state index contributed by atoms with van der Waals surface area (Å²) in [5, 5.41) is 15.2. The zero-order chi connectivity index (χ0) is 13.4. The summed E-state index contributed by atoms with van der Waals surface area (Å²) in [6.45, 7) is 0. The molecule has 9 heteroatoms. The first kappa shape index (κ1) is 12.5. The van der Waals surface area contributed by atoms with Gasteiger partial charge in [0.1, 0.15) is 0 Å². The molecule has 1 amide bonds. The Morgan fingerprint density at radius 2 is 2.28 bits per heavy atom. The quantitative estimate of drug-likeness (QED) is 0.770. The van der Waals surface area contributed by atoms with Crippen molar-refractivity contribution >= 4 is 15.1 Å². The molecule has 2 N–H and O–H groups in total. The smallest absolute Gasteiger partial charge is 0.333 e. The number of nitrogens with two attached hydrogens (primary N) is 1. The number of primary amides is 1. The molecule has 0 aliphatic heterocycles. The maximum Gasteiger partial charge on any atom is 0.333 e. The molecule has 1 aliphatic carbocycles. The molecule has 0 radical (unpaired) electrons. The van der Waals surface area contributed by atoms with Crippen LogP contribution in [0.2, 0.25) is 0 Å². The highest BCUT2D eigenvalue weighted by atomic mass is 32.2. The second-order valence-corrected chi connectivity index (χ2v) is 6.23. The van der Waals surface area contributed by atoms with E-state index < -0.39 is 26.4 Å². The van der Waals surface area contributed by atoms with Crippen molar-refractivity contribution in [1.29, 1.82) is 5.26 Å². The van der Waals surface area contributed by atoms with Crippen molar-refractivity contribution in [2.45, 2.75) is 24.8 Å². The Labute approximate surface area is 103 Å². The SMILES string of the molecule is N#CC1(n2cc(CCS(=O)(=O)C(N)=O)nn2)CC1. The van der Waals surface area contributed by atoms with Crippen LogP contribution in [0.25, 0.3) is 0 Å². The van der Waals surface area contributed by atoms with Crippen molar-refractivity contribution in [2.24, 2.45) is 5.73 Å². The minimum Gasteiger partial charge on any atom is -0.356 e. The lowest BCUT2D eigenvalue weighted by molar-refractivity contribution is 0.265. The van der Waals surface area contributed by atoms with Gasteiger partial charge in [0.2, 0.25) is 9.84 Å². The number of nitrogens with zero attached hydrogens (tertiary/aromatic N) is 4. The third-order valence-corrected chi connectivity index (χ3v) is 4.20. The van der Waals surface area contributed by atoms with Crippen molar-refractivity contribution in [3.05, 3.63) is 11.9 Å². The highest BCUT2D eigenvalue weighted by Gasteiger charge is 2.46. The minimum atomic E-state index is -3.92. The van der Waals surface area contributed by atoms with Gasteiger partial charge in [0.05, 0.1) is 23.7 Å². The Balaban J connectivity index is 2.05. The van der Waals surface area contributed by atoms with Crippen molar-refractivity contribution in [2.75, 3.05) is 5.75 Å². The van der Waals surface area contributed by atoms with Gasteiger partial charge in [-0.3, -0.25) is 4.79 Å². The Bertz CT molecular complexity index is 623. The third kappa shape index (κ3) is 2.19. The summed E-state index contributed by atoms with van der Waals surface area (Å²) in [4.78, 5) is 10.6. The fraction of sp³-hybridized carbons (Fsp3) is 0.556. The molecule has 8 nitrogen and oxygen atoms in total. The van der Waals surface area contributed by atoms with Gasteiger partial charge in [-0.25, -0.2) is 13.1 Å². The van der Waals surface area contributed by atoms with Crippen molar-refractivity contribution < 1.29 is 13.2 Å². The molecule has 0 atom stereocenters. The highest BCUT2D eigenvalue weighted by molar-refractivity contribution is 8.05. The molecular weight excluding hydrogens is 258 g/mol. The van der Waals surface area contributed by atoms with Gasteiger partial charge in [-0.2, -0.15) is 5.26 Å². The van der Waals surface area contributed by atoms with Crippen LogP contribution >= 0.6 is 0 Å². The van der Waals surface area contributed by atoms with Gasteiger partial charge < -0.3 is 5.73 Å². The van der Waals surface area contributed by atoms with Crippen molar-refractivity contribution in [1.82, 2.24) is 15.0 Å². The number of sulfone groups is 1. The normalized spacial score (nSPS) is 17.1. The predicted molar refractivity (Wildman–Crippen MR) is 59.9 cm³/mol. The van der Waals surface area contributed by atoms with Crippen molar-refractivity contribution in [3.63, 3.8) is 0 Å². The van der Waals surface area contributed by atoms with Crippen LogP contribution < -0.4 is 5.73 Å². The van der Waals surface area contributed by atoms with Crippen LogP contribution in [0.15, 0.2) is 6.20 Å². The molecule has 1 aromatic rings. The van der Waals surface area contributed by atoms with E-state index in [1.54, 1.807) is 0 Å². The number of carbonyl (C=O) groups is 1. The average Bonchev–Trinajstić information content (AvgIpc) is 2.98. The Morgan fingerprint density at radius 3 is 2.78 bits per heavy atom. The fourth-order valence-electron chi connectivity index (χ4n) is 1.47. The number of carbonyl (C=O) groups excluding carboxylic acids is 1. The third-order valence-electron chi connectivity index (χ3n) is 2.84. The molecule has 1 aliphatic rings. The molecule has 1 heterocycles. The molecule has 96 valence electrons. The minimum absolute atomic E-state index is 0.0484. The lowest BCUT2D eigenvalue weighted by atomic mass is 10.3. The monoisotopic (exact) mass is 269 g/mol. The first-order valence-electron chi connectivity index (χ1n) is 5.25. The maximum atomic E-state index is 11.2. The second-order valence-electron chi connectivity index (χ2n) is 4.19. The first-order chi connectivity index (χ1) is 8.39. The van der Waals surface area contributed by atoms with Gasteiger partial charge in [0, 0.05) is 6.42 Å². The van der Waals surface area contributed by atoms with Gasteiger partial charge in [-0.15, -0.1) is 5.10 Å². The van der Waals surface area contributed by atoms with E-state index in [0.29, 0.717) is 18.5 Å². The number of hydrogen-bond acceptors (Lipinski definition) is 6. The number of hydrogen-bond donors (Lipinski definition) is 1.